The van der Waals surface area contributed by atoms with Crippen LogP contribution in [0.3, 0.4) is 0 Å². The molecule has 1 aromatic heterocycles. The molecule has 31 heavy (non-hydrogen) atoms. The molecule has 3 N–H and O–H groups in total. The summed E-state index contributed by atoms with van der Waals surface area (Å²) in [6, 6.07) is 11.9. The first-order chi connectivity index (χ1) is 14.7. The number of carbonyl (C=O) groups excluding carboxylic acids is 1. The molecular weight excluding hydrogens is 436 g/mol. The Morgan fingerprint density at radius 3 is 2.42 bits per heavy atom. The van der Waals surface area contributed by atoms with Crippen LogP contribution in [-0.4, -0.2) is 37.5 Å². The lowest BCUT2D eigenvalue weighted by molar-refractivity contribution is -0.116. The van der Waals surface area contributed by atoms with E-state index in [2.05, 4.69) is 10.4 Å². The van der Waals surface area contributed by atoms with Crippen molar-refractivity contribution in [1.82, 2.24) is 9.78 Å². The number of carbonyl (C=O) groups is 1. The number of amides is 1. The maximum absolute atomic E-state index is 13.2. The number of aryl methyl sites for hydroxylation is 2. The summed E-state index contributed by atoms with van der Waals surface area (Å²) >= 11 is 1.15. The number of rotatable bonds is 7. The summed E-state index contributed by atoms with van der Waals surface area (Å²) in [7, 11) is -2.39. The van der Waals surface area contributed by atoms with Gasteiger partial charge in [0.15, 0.2) is 0 Å². The van der Waals surface area contributed by atoms with E-state index in [1.165, 1.54) is 23.9 Å². The molecule has 0 atom stereocenters. The smallest absolute Gasteiger partial charge is 0.246 e. The van der Waals surface area contributed by atoms with E-state index in [1.54, 1.807) is 30.5 Å². The molecule has 2 aromatic carbocycles. The van der Waals surface area contributed by atoms with E-state index in [0.717, 1.165) is 22.9 Å². The van der Waals surface area contributed by atoms with Gasteiger partial charge in [0, 0.05) is 0 Å². The maximum atomic E-state index is 13.2. The Morgan fingerprint density at radius 1 is 1.16 bits per heavy atom. The van der Waals surface area contributed by atoms with Crippen molar-refractivity contribution >= 4 is 39.0 Å². The molecule has 0 saturated heterocycles. The van der Waals surface area contributed by atoms with Crippen LogP contribution in [0.5, 0.6) is 5.75 Å². The van der Waals surface area contributed by atoms with Crippen molar-refractivity contribution in [2.45, 2.75) is 35.2 Å². The van der Waals surface area contributed by atoms with Crippen LogP contribution in [-0.2, 0) is 21.2 Å². The zero-order valence-corrected chi connectivity index (χ0v) is 19.3. The van der Waals surface area contributed by atoms with Gasteiger partial charge in [-0.2, -0.15) is 5.10 Å². The molecular formula is C21H24N4O4S2. The van der Waals surface area contributed by atoms with E-state index in [1.807, 2.05) is 19.9 Å². The van der Waals surface area contributed by atoms with Gasteiger partial charge in [0.05, 0.1) is 17.7 Å². The van der Waals surface area contributed by atoms with Gasteiger partial charge in [-0.3, -0.25) is 4.79 Å². The predicted molar refractivity (Wildman–Crippen MR) is 121 cm³/mol. The maximum Gasteiger partial charge on any atom is 0.246 e. The van der Waals surface area contributed by atoms with Gasteiger partial charge in [0.1, 0.15) is 28.0 Å². The summed E-state index contributed by atoms with van der Waals surface area (Å²) in [5.74, 6) is 0.0150. The van der Waals surface area contributed by atoms with Crippen molar-refractivity contribution in [3.05, 3.63) is 53.6 Å². The van der Waals surface area contributed by atoms with Crippen LogP contribution in [0.2, 0.25) is 0 Å². The second kappa shape index (κ2) is 9.03. The Kier molecular flexibility index (Phi) is 6.61. The van der Waals surface area contributed by atoms with Crippen LogP contribution in [0.4, 0.5) is 11.5 Å². The zero-order chi connectivity index (χ0) is 22.8. The van der Waals surface area contributed by atoms with Crippen molar-refractivity contribution in [3.63, 3.8) is 0 Å². The van der Waals surface area contributed by atoms with Crippen molar-refractivity contribution in [1.29, 1.82) is 0 Å². The van der Waals surface area contributed by atoms with E-state index in [9.17, 15) is 13.2 Å². The molecule has 0 bridgehead atoms. The summed E-state index contributed by atoms with van der Waals surface area (Å²) in [4.78, 5) is 12.7. The highest BCUT2D eigenvalue weighted by Gasteiger charge is 2.29. The molecule has 0 aliphatic heterocycles. The van der Waals surface area contributed by atoms with E-state index in [4.69, 9.17) is 10.5 Å². The van der Waals surface area contributed by atoms with Crippen molar-refractivity contribution in [3.8, 4) is 5.75 Å². The molecule has 3 rings (SSSR count). The van der Waals surface area contributed by atoms with Gasteiger partial charge in [0.25, 0.3) is 0 Å². The van der Waals surface area contributed by atoms with Crippen molar-refractivity contribution in [2.24, 2.45) is 0 Å². The van der Waals surface area contributed by atoms with Gasteiger partial charge in [-0.25, -0.2) is 13.1 Å². The van der Waals surface area contributed by atoms with E-state index < -0.39 is 15.7 Å². The second-order valence-electron chi connectivity index (χ2n) is 6.95. The minimum absolute atomic E-state index is 0.0868. The zero-order valence-electron chi connectivity index (χ0n) is 17.7. The molecule has 0 spiro atoms. The highest BCUT2D eigenvalue weighted by Crippen LogP contribution is 2.34. The number of hydrogen-bond donors (Lipinski definition) is 2. The normalized spacial score (nSPS) is 11.4. The number of nitrogens with one attached hydrogen (secondary N) is 1. The molecule has 0 fully saturated rings. The van der Waals surface area contributed by atoms with Crippen LogP contribution >= 0.6 is 11.8 Å². The van der Waals surface area contributed by atoms with Crippen LogP contribution in [0.1, 0.15) is 11.1 Å². The first-order valence-electron chi connectivity index (χ1n) is 9.34. The third kappa shape index (κ3) is 4.70. The lowest BCUT2D eigenvalue weighted by Gasteiger charge is -2.11. The Labute approximate surface area is 185 Å². The van der Waals surface area contributed by atoms with E-state index in [-0.39, 0.29) is 27.2 Å². The number of nitrogens with two attached hydrogens (primary N) is 1. The molecule has 0 unspecified atom stereocenters. The topological polar surface area (TPSA) is 116 Å². The van der Waals surface area contributed by atoms with E-state index >= 15 is 0 Å². The Morgan fingerprint density at radius 2 is 1.81 bits per heavy atom. The fourth-order valence-electron chi connectivity index (χ4n) is 3.02. The van der Waals surface area contributed by atoms with Crippen LogP contribution < -0.4 is 15.8 Å². The molecule has 0 aliphatic carbocycles. The Hall–Kier alpha value is -2.98. The first-order valence-corrected chi connectivity index (χ1v) is 12.0. The molecule has 0 aliphatic rings. The molecule has 10 heteroatoms. The number of anilines is 2. The minimum atomic E-state index is -3.90. The Bertz CT molecular complexity index is 1220. The average molecular weight is 461 g/mol. The summed E-state index contributed by atoms with van der Waals surface area (Å²) in [5, 5.41) is 7.26. The number of thioether (sulfide) groups is 1. The number of sulfone groups is 1. The number of methoxy groups -OCH3 is 1. The number of ether oxygens (including phenoxy) is 1. The first kappa shape index (κ1) is 22.7. The second-order valence-corrected chi connectivity index (χ2v) is 9.63. The van der Waals surface area contributed by atoms with Gasteiger partial charge < -0.3 is 15.8 Å². The monoisotopic (exact) mass is 460 g/mol. The number of nitrogens with zero attached hydrogens (tertiary/aromatic N) is 2. The Balaban J connectivity index is 1.92. The molecule has 0 saturated carbocycles. The van der Waals surface area contributed by atoms with Gasteiger partial charge in [0.2, 0.25) is 15.7 Å². The van der Waals surface area contributed by atoms with Crippen LogP contribution in [0.25, 0.3) is 0 Å². The third-order valence-corrected chi connectivity index (χ3v) is 7.27. The van der Waals surface area contributed by atoms with Gasteiger partial charge in [-0.1, -0.05) is 23.8 Å². The molecule has 164 valence electrons. The molecule has 8 nitrogen and oxygen atoms in total. The summed E-state index contributed by atoms with van der Waals surface area (Å²) in [5.41, 5.74) is 8.56. The van der Waals surface area contributed by atoms with Gasteiger partial charge in [-0.15, -0.1) is 11.8 Å². The average Bonchev–Trinajstić information content (AvgIpc) is 3.04. The molecule has 0 radical (unpaired) electrons. The predicted octanol–water partition coefficient (Wildman–Crippen LogP) is 3.28. The van der Waals surface area contributed by atoms with E-state index in [0.29, 0.717) is 11.4 Å². The molecule has 1 amide bonds. The number of nitrogen functional groups attached to an aromatic ring is 1. The van der Waals surface area contributed by atoms with Gasteiger partial charge >= 0.3 is 0 Å². The van der Waals surface area contributed by atoms with Crippen molar-refractivity contribution < 1.29 is 17.9 Å². The standard InChI is InChI=1S/C21H24N4O4S2/c1-13-5-8-15(9-6-13)31(27,28)19-20(22)25(24-21(19)30-4)12-18(26)23-16-11-14(2)7-10-17(16)29-3/h5-11H,12,22H2,1-4H3,(H,23,26). The lowest BCUT2D eigenvalue weighted by Crippen LogP contribution is -2.21. The van der Waals surface area contributed by atoms with Gasteiger partial charge in [-0.05, 0) is 49.9 Å². The fourth-order valence-corrected chi connectivity index (χ4v) is 5.45. The summed E-state index contributed by atoms with van der Waals surface area (Å²) < 4.78 is 32.9. The number of aromatic nitrogens is 2. The number of benzene rings is 2. The van der Waals surface area contributed by atoms with Crippen LogP contribution in [0, 0.1) is 13.8 Å². The minimum Gasteiger partial charge on any atom is -0.495 e. The summed E-state index contributed by atoms with van der Waals surface area (Å²) in [6.07, 6.45) is 1.71. The van der Waals surface area contributed by atoms with Crippen molar-refractivity contribution in [2.75, 3.05) is 24.4 Å². The SMILES string of the molecule is COc1ccc(C)cc1NC(=O)Cn1nc(SC)c(S(=O)(=O)c2ccc(C)cc2)c1N. The number of hydrogen-bond acceptors (Lipinski definition) is 7. The van der Waals surface area contributed by atoms with Crippen LogP contribution in [0.15, 0.2) is 57.3 Å². The molecule has 1 heterocycles. The largest absolute Gasteiger partial charge is 0.495 e. The molecule has 3 aromatic rings. The third-order valence-electron chi connectivity index (χ3n) is 4.63. The highest BCUT2D eigenvalue weighted by atomic mass is 32.2. The lowest BCUT2D eigenvalue weighted by atomic mass is 10.2. The fraction of sp³-hybridized carbons (Fsp3) is 0.238. The summed E-state index contributed by atoms with van der Waals surface area (Å²) in [6.45, 7) is 3.52. The highest BCUT2D eigenvalue weighted by molar-refractivity contribution is 7.99. The quantitative estimate of drug-likeness (QED) is 0.520.